The lowest BCUT2D eigenvalue weighted by molar-refractivity contribution is -0.120. The minimum Gasteiger partial charge on any atom is -0.325 e. The highest BCUT2D eigenvalue weighted by molar-refractivity contribution is 7.88. The maximum atomic E-state index is 12.9. The number of para-hydroxylation sites is 1. The Balaban J connectivity index is 1.70. The number of nitrogens with one attached hydrogen (secondary N) is 1. The van der Waals surface area contributed by atoms with Crippen molar-refractivity contribution in [3.63, 3.8) is 0 Å². The van der Waals surface area contributed by atoms with Crippen LogP contribution < -0.4 is 5.32 Å². The lowest BCUT2D eigenvalue weighted by Crippen LogP contribution is -2.44. The molecule has 1 aliphatic heterocycles. The summed E-state index contributed by atoms with van der Waals surface area (Å²) in [5.74, 6) is -0.597. The van der Waals surface area contributed by atoms with Crippen molar-refractivity contribution in [3.8, 4) is 0 Å². The third kappa shape index (κ3) is 4.93. The van der Waals surface area contributed by atoms with E-state index in [1.807, 2.05) is 32.0 Å². The van der Waals surface area contributed by atoms with Gasteiger partial charge in [-0.05, 0) is 55.5 Å². The Bertz CT molecular complexity index is 955. The number of carbonyl (C=O) groups is 1. The highest BCUT2D eigenvalue weighted by Crippen LogP contribution is 2.25. The molecule has 0 saturated carbocycles. The van der Waals surface area contributed by atoms with Gasteiger partial charge in [-0.1, -0.05) is 41.9 Å². The van der Waals surface area contributed by atoms with Gasteiger partial charge in [-0.25, -0.2) is 12.7 Å². The average Bonchev–Trinajstić information content (AvgIpc) is 2.64. The van der Waals surface area contributed by atoms with Crippen LogP contribution in [0.2, 0.25) is 5.02 Å². The van der Waals surface area contributed by atoms with Crippen LogP contribution in [-0.2, 0) is 20.6 Å². The Morgan fingerprint density at radius 3 is 2.54 bits per heavy atom. The van der Waals surface area contributed by atoms with Gasteiger partial charge in [0.15, 0.2) is 0 Å². The maximum absolute atomic E-state index is 12.9. The molecule has 0 aliphatic carbocycles. The summed E-state index contributed by atoms with van der Waals surface area (Å²) in [6.07, 6.45) is 1.35. The summed E-state index contributed by atoms with van der Waals surface area (Å²) in [4.78, 5) is 12.8. The van der Waals surface area contributed by atoms with Crippen molar-refractivity contribution >= 4 is 33.2 Å². The number of aryl methyl sites for hydroxylation is 2. The smallest absolute Gasteiger partial charge is 0.228 e. The van der Waals surface area contributed by atoms with Gasteiger partial charge in [-0.2, -0.15) is 0 Å². The Morgan fingerprint density at radius 2 is 1.86 bits per heavy atom. The number of piperidine rings is 1. The molecule has 0 bridgehead atoms. The summed E-state index contributed by atoms with van der Waals surface area (Å²) >= 11 is 5.97. The average molecular weight is 421 g/mol. The van der Waals surface area contributed by atoms with Crippen molar-refractivity contribution < 1.29 is 13.2 Å². The van der Waals surface area contributed by atoms with E-state index < -0.39 is 10.0 Å². The molecule has 1 unspecified atom stereocenters. The fraction of sp³-hybridized carbons (Fsp3) is 0.381. The summed E-state index contributed by atoms with van der Waals surface area (Å²) in [5.41, 5.74) is 3.45. The molecule has 28 heavy (non-hydrogen) atoms. The number of nitrogens with zero attached hydrogens (tertiary/aromatic N) is 1. The number of halogens is 1. The van der Waals surface area contributed by atoms with E-state index in [0.717, 1.165) is 16.8 Å². The third-order valence-electron chi connectivity index (χ3n) is 5.12. The molecular formula is C21H25ClN2O3S. The van der Waals surface area contributed by atoms with Crippen LogP contribution in [0.1, 0.15) is 29.5 Å². The van der Waals surface area contributed by atoms with E-state index in [2.05, 4.69) is 5.32 Å². The monoisotopic (exact) mass is 420 g/mol. The van der Waals surface area contributed by atoms with E-state index in [-0.39, 0.29) is 24.1 Å². The van der Waals surface area contributed by atoms with Gasteiger partial charge in [0.2, 0.25) is 15.9 Å². The molecule has 7 heteroatoms. The maximum Gasteiger partial charge on any atom is 0.228 e. The molecule has 2 aromatic rings. The summed E-state index contributed by atoms with van der Waals surface area (Å²) in [6.45, 7) is 4.55. The van der Waals surface area contributed by atoms with Crippen LogP contribution in [0.5, 0.6) is 0 Å². The topological polar surface area (TPSA) is 66.5 Å². The fourth-order valence-corrected chi connectivity index (χ4v) is 5.39. The molecule has 150 valence electrons. The number of hydrogen-bond acceptors (Lipinski definition) is 3. The molecule has 5 nitrogen and oxygen atoms in total. The van der Waals surface area contributed by atoms with Gasteiger partial charge in [0, 0.05) is 23.8 Å². The van der Waals surface area contributed by atoms with Crippen molar-refractivity contribution in [2.45, 2.75) is 32.4 Å². The molecule has 1 N–H and O–H groups in total. The van der Waals surface area contributed by atoms with E-state index in [0.29, 0.717) is 30.0 Å². The number of benzene rings is 2. The van der Waals surface area contributed by atoms with Crippen LogP contribution in [0.4, 0.5) is 5.69 Å². The molecule has 1 aliphatic rings. The van der Waals surface area contributed by atoms with Gasteiger partial charge in [0.05, 0.1) is 11.7 Å². The van der Waals surface area contributed by atoms with Gasteiger partial charge >= 0.3 is 0 Å². The van der Waals surface area contributed by atoms with Gasteiger partial charge in [0.1, 0.15) is 0 Å². The highest BCUT2D eigenvalue weighted by Gasteiger charge is 2.32. The number of carbonyl (C=O) groups excluding carboxylic acids is 1. The first-order valence-corrected chi connectivity index (χ1v) is 11.3. The standard InChI is InChI=1S/C21H25ClN2O3S/c1-15-6-3-7-16(2)20(15)23-21(25)18-9-5-11-24(13-18)28(26,27)14-17-8-4-10-19(22)12-17/h3-4,6-8,10,12,18H,5,9,11,13-14H2,1-2H3,(H,23,25). The zero-order valence-corrected chi connectivity index (χ0v) is 17.7. The Morgan fingerprint density at radius 1 is 1.18 bits per heavy atom. The van der Waals surface area contributed by atoms with Crippen LogP contribution in [-0.4, -0.2) is 31.7 Å². The Hall–Kier alpha value is -1.89. The largest absolute Gasteiger partial charge is 0.325 e. The number of rotatable bonds is 5. The van der Waals surface area contributed by atoms with Crippen LogP contribution in [0.25, 0.3) is 0 Å². The molecule has 1 heterocycles. The Kier molecular flexibility index (Phi) is 6.43. The third-order valence-corrected chi connectivity index (χ3v) is 7.17. The number of sulfonamides is 1. The minimum atomic E-state index is -3.51. The van der Waals surface area contributed by atoms with Crippen molar-refractivity contribution in [1.82, 2.24) is 4.31 Å². The molecule has 0 radical (unpaired) electrons. The number of hydrogen-bond donors (Lipinski definition) is 1. The fourth-order valence-electron chi connectivity index (χ4n) is 3.57. The highest BCUT2D eigenvalue weighted by atomic mass is 35.5. The SMILES string of the molecule is Cc1cccc(C)c1NC(=O)C1CCCN(S(=O)(=O)Cc2cccc(Cl)c2)C1. The number of anilines is 1. The first kappa shape index (κ1) is 20.8. The second-order valence-electron chi connectivity index (χ2n) is 7.34. The predicted octanol–water partition coefficient (Wildman–Crippen LogP) is 4.14. The molecule has 0 aromatic heterocycles. The van der Waals surface area contributed by atoms with E-state index in [9.17, 15) is 13.2 Å². The van der Waals surface area contributed by atoms with Gasteiger partial charge in [-0.3, -0.25) is 4.79 Å². The second kappa shape index (κ2) is 8.64. The lowest BCUT2D eigenvalue weighted by atomic mass is 9.98. The summed E-state index contributed by atoms with van der Waals surface area (Å²) in [7, 11) is -3.51. The van der Waals surface area contributed by atoms with E-state index in [1.54, 1.807) is 24.3 Å². The van der Waals surface area contributed by atoms with Crippen molar-refractivity contribution in [3.05, 3.63) is 64.2 Å². The molecule has 2 aromatic carbocycles. The van der Waals surface area contributed by atoms with Crippen LogP contribution in [0, 0.1) is 19.8 Å². The van der Waals surface area contributed by atoms with Crippen molar-refractivity contribution in [1.29, 1.82) is 0 Å². The minimum absolute atomic E-state index is 0.112. The molecule has 3 rings (SSSR count). The predicted molar refractivity (Wildman–Crippen MR) is 113 cm³/mol. The van der Waals surface area contributed by atoms with Crippen LogP contribution >= 0.6 is 11.6 Å². The van der Waals surface area contributed by atoms with E-state index in [4.69, 9.17) is 11.6 Å². The first-order chi connectivity index (χ1) is 13.3. The van der Waals surface area contributed by atoms with Gasteiger partial charge in [0.25, 0.3) is 0 Å². The molecule has 1 amide bonds. The summed E-state index contributed by atoms with van der Waals surface area (Å²) in [5, 5.41) is 3.51. The first-order valence-electron chi connectivity index (χ1n) is 9.35. The normalized spacial score (nSPS) is 18.0. The van der Waals surface area contributed by atoms with Crippen LogP contribution in [0.3, 0.4) is 0 Å². The van der Waals surface area contributed by atoms with Crippen molar-refractivity contribution in [2.75, 3.05) is 18.4 Å². The molecule has 1 fully saturated rings. The summed E-state index contributed by atoms with van der Waals surface area (Å²) in [6, 6.07) is 12.7. The zero-order chi connectivity index (χ0) is 20.3. The zero-order valence-electron chi connectivity index (χ0n) is 16.1. The van der Waals surface area contributed by atoms with Crippen molar-refractivity contribution in [2.24, 2.45) is 5.92 Å². The van der Waals surface area contributed by atoms with E-state index >= 15 is 0 Å². The van der Waals surface area contributed by atoms with E-state index in [1.165, 1.54) is 4.31 Å². The quantitative estimate of drug-likeness (QED) is 0.790. The number of amides is 1. The molecular weight excluding hydrogens is 396 g/mol. The van der Waals surface area contributed by atoms with Crippen LogP contribution in [0.15, 0.2) is 42.5 Å². The lowest BCUT2D eigenvalue weighted by Gasteiger charge is -2.31. The molecule has 1 saturated heterocycles. The van der Waals surface area contributed by atoms with Gasteiger partial charge < -0.3 is 5.32 Å². The molecule has 0 spiro atoms. The van der Waals surface area contributed by atoms with Gasteiger partial charge in [-0.15, -0.1) is 0 Å². The summed E-state index contributed by atoms with van der Waals surface area (Å²) < 4.78 is 27.1. The second-order valence-corrected chi connectivity index (χ2v) is 9.74. The Labute approximate surface area is 171 Å². The molecule has 1 atom stereocenters.